The van der Waals surface area contributed by atoms with E-state index in [0.29, 0.717) is 12.5 Å². The molecule has 1 aromatic heterocycles. The zero-order valence-corrected chi connectivity index (χ0v) is 10.3. The first-order valence-corrected chi connectivity index (χ1v) is 6.30. The highest BCUT2D eigenvalue weighted by Crippen LogP contribution is 2.47. The van der Waals surface area contributed by atoms with Gasteiger partial charge in [0, 0.05) is 11.6 Å². The second kappa shape index (κ2) is 4.48. The van der Waals surface area contributed by atoms with Crippen molar-refractivity contribution in [2.24, 2.45) is 5.92 Å². The van der Waals surface area contributed by atoms with E-state index in [-0.39, 0.29) is 5.82 Å². The molecule has 94 valence electrons. The average Bonchev–Trinajstić information content (AvgIpc) is 2.92. The first kappa shape index (κ1) is 11.3. The highest BCUT2D eigenvalue weighted by Gasteiger charge is 2.36. The Hall–Kier alpha value is -1.77. The molecule has 0 radical (unpaired) electrons. The summed E-state index contributed by atoms with van der Waals surface area (Å²) in [6.45, 7) is 2.87. The van der Waals surface area contributed by atoms with E-state index in [2.05, 4.69) is 18.3 Å². The summed E-state index contributed by atoms with van der Waals surface area (Å²) >= 11 is 0. The van der Waals surface area contributed by atoms with Gasteiger partial charge >= 0.3 is 0 Å². The third-order valence-electron chi connectivity index (χ3n) is 3.47. The molecule has 2 atom stereocenters. The molecule has 1 heterocycles. The van der Waals surface area contributed by atoms with Gasteiger partial charge in [0.2, 0.25) is 0 Å². The number of rotatable bonds is 4. The summed E-state index contributed by atoms with van der Waals surface area (Å²) in [5.74, 6) is 3.18. The molecule has 1 aromatic carbocycles. The predicted molar refractivity (Wildman–Crippen MR) is 69.0 cm³/mol. The molecule has 3 rings (SSSR count). The molecule has 2 nitrogen and oxygen atoms in total. The van der Waals surface area contributed by atoms with Crippen LogP contribution in [0.2, 0.25) is 0 Å². The van der Waals surface area contributed by atoms with Crippen LogP contribution in [-0.4, -0.2) is 0 Å². The number of anilines is 1. The molecular formula is C15H16FNO. The maximum Gasteiger partial charge on any atom is 0.123 e. The summed E-state index contributed by atoms with van der Waals surface area (Å²) in [6.07, 6.45) is 1.23. The fourth-order valence-electron chi connectivity index (χ4n) is 2.16. The van der Waals surface area contributed by atoms with Crippen LogP contribution < -0.4 is 5.32 Å². The van der Waals surface area contributed by atoms with Crippen LogP contribution in [0.15, 0.2) is 40.8 Å². The van der Waals surface area contributed by atoms with Gasteiger partial charge in [0.05, 0.1) is 6.54 Å². The Labute approximate surface area is 106 Å². The summed E-state index contributed by atoms with van der Waals surface area (Å²) in [5.41, 5.74) is 0.897. The van der Waals surface area contributed by atoms with Gasteiger partial charge in [-0.15, -0.1) is 0 Å². The molecule has 1 N–H and O–H groups in total. The molecule has 1 aliphatic rings. The van der Waals surface area contributed by atoms with Crippen molar-refractivity contribution in [3.8, 4) is 0 Å². The van der Waals surface area contributed by atoms with Crippen LogP contribution in [0.1, 0.15) is 30.8 Å². The lowest BCUT2D eigenvalue weighted by Crippen LogP contribution is -1.97. The van der Waals surface area contributed by atoms with Crippen LogP contribution in [0.3, 0.4) is 0 Å². The molecule has 0 aliphatic heterocycles. The van der Waals surface area contributed by atoms with E-state index in [1.165, 1.54) is 18.6 Å². The van der Waals surface area contributed by atoms with Gasteiger partial charge in [-0.2, -0.15) is 0 Å². The van der Waals surface area contributed by atoms with Crippen molar-refractivity contribution in [1.29, 1.82) is 0 Å². The Kier molecular flexibility index (Phi) is 2.82. The molecular weight excluding hydrogens is 229 g/mol. The molecule has 2 aromatic rings. The third-order valence-corrected chi connectivity index (χ3v) is 3.47. The molecule has 0 amide bonds. The summed E-state index contributed by atoms with van der Waals surface area (Å²) in [5, 5.41) is 3.21. The van der Waals surface area contributed by atoms with E-state index in [0.717, 1.165) is 23.1 Å². The lowest BCUT2D eigenvalue weighted by Gasteiger charge is -2.03. The topological polar surface area (TPSA) is 25.2 Å². The fraction of sp³-hybridized carbons (Fsp3) is 0.333. The van der Waals surface area contributed by atoms with Gasteiger partial charge in [-0.05, 0) is 48.7 Å². The molecule has 0 saturated heterocycles. The van der Waals surface area contributed by atoms with Gasteiger partial charge in [0.1, 0.15) is 17.3 Å². The van der Waals surface area contributed by atoms with Crippen molar-refractivity contribution in [3.05, 3.63) is 53.7 Å². The zero-order valence-electron chi connectivity index (χ0n) is 10.3. The molecule has 18 heavy (non-hydrogen) atoms. The summed E-state index contributed by atoms with van der Waals surface area (Å²) in [7, 11) is 0. The normalized spacial score (nSPS) is 21.9. The van der Waals surface area contributed by atoms with Crippen LogP contribution in [0.25, 0.3) is 0 Å². The lowest BCUT2D eigenvalue weighted by atomic mass is 10.3. The minimum atomic E-state index is -0.219. The van der Waals surface area contributed by atoms with Crippen LogP contribution in [0, 0.1) is 11.7 Å². The van der Waals surface area contributed by atoms with Crippen LogP contribution >= 0.6 is 0 Å². The van der Waals surface area contributed by atoms with Crippen LogP contribution in [0.4, 0.5) is 10.1 Å². The van der Waals surface area contributed by atoms with E-state index in [1.54, 1.807) is 12.1 Å². The van der Waals surface area contributed by atoms with E-state index in [4.69, 9.17) is 4.42 Å². The van der Waals surface area contributed by atoms with Gasteiger partial charge in [0.15, 0.2) is 0 Å². The summed E-state index contributed by atoms with van der Waals surface area (Å²) in [6, 6.07) is 10.4. The van der Waals surface area contributed by atoms with E-state index >= 15 is 0 Å². The number of halogens is 1. The van der Waals surface area contributed by atoms with Crippen molar-refractivity contribution in [3.63, 3.8) is 0 Å². The third kappa shape index (κ3) is 2.40. The number of hydrogen-bond acceptors (Lipinski definition) is 2. The molecule has 0 spiro atoms. The molecule has 1 saturated carbocycles. The fourth-order valence-corrected chi connectivity index (χ4v) is 2.16. The van der Waals surface area contributed by atoms with E-state index < -0.39 is 0 Å². The number of furan rings is 1. The highest BCUT2D eigenvalue weighted by molar-refractivity contribution is 5.43. The minimum absolute atomic E-state index is 0.219. The molecule has 3 heteroatoms. The second-order valence-corrected chi connectivity index (χ2v) is 4.98. The van der Waals surface area contributed by atoms with Gasteiger partial charge in [0.25, 0.3) is 0 Å². The molecule has 1 aliphatic carbocycles. The molecule has 0 bridgehead atoms. The van der Waals surface area contributed by atoms with Crippen LogP contribution in [-0.2, 0) is 6.54 Å². The SMILES string of the molecule is CC1CC1c1ccc(CNc2ccc(F)cc2)o1. The first-order chi connectivity index (χ1) is 8.72. The summed E-state index contributed by atoms with van der Waals surface area (Å²) < 4.78 is 18.5. The van der Waals surface area contributed by atoms with Crippen LogP contribution in [0.5, 0.6) is 0 Å². The van der Waals surface area contributed by atoms with Crippen molar-refractivity contribution < 1.29 is 8.81 Å². The number of nitrogens with one attached hydrogen (secondary N) is 1. The minimum Gasteiger partial charge on any atom is -0.464 e. The molecule has 2 unspecified atom stereocenters. The van der Waals surface area contributed by atoms with Gasteiger partial charge in [-0.3, -0.25) is 0 Å². The smallest absolute Gasteiger partial charge is 0.123 e. The standard InChI is InChI=1S/C15H16FNO/c1-10-8-14(10)15-7-6-13(18-15)9-17-12-4-2-11(16)3-5-12/h2-7,10,14,17H,8-9H2,1H3. The largest absolute Gasteiger partial charge is 0.464 e. The van der Waals surface area contributed by atoms with Gasteiger partial charge in [-0.25, -0.2) is 4.39 Å². The Morgan fingerprint density at radius 3 is 2.61 bits per heavy atom. The zero-order chi connectivity index (χ0) is 12.5. The van der Waals surface area contributed by atoms with Crippen molar-refractivity contribution in [2.45, 2.75) is 25.8 Å². The first-order valence-electron chi connectivity index (χ1n) is 6.30. The number of benzene rings is 1. The Balaban J connectivity index is 1.59. The Bertz CT molecular complexity index is 532. The predicted octanol–water partition coefficient (Wildman–Crippen LogP) is 4.15. The van der Waals surface area contributed by atoms with Gasteiger partial charge < -0.3 is 9.73 Å². The maximum absolute atomic E-state index is 12.7. The average molecular weight is 245 g/mol. The number of hydrogen-bond donors (Lipinski definition) is 1. The quantitative estimate of drug-likeness (QED) is 0.875. The van der Waals surface area contributed by atoms with Crippen molar-refractivity contribution >= 4 is 5.69 Å². The van der Waals surface area contributed by atoms with Crippen molar-refractivity contribution in [2.75, 3.05) is 5.32 Å². The monoisotopic (exact) mass is 245 g/mol. The maximum atomic E-state index is 12.7. The Morgan fingerprint density at radius 2 is 1.94 bits per heavy atom. The lowest BCUT2D eigenvalue weighted by molar-refractivity contribution is 0.468. The van der Waals surface area contributed by atoms with Gasteiger partial charge in [-0.1, -0.05) is 6.92 Å². The summed E-state index contributed by atoms with van der Waals surface area (Å²) in [4.78, 5) is 0. The Morgan fingerprint density at radius 1 is 1.22 bits per heavy atom. The van der Waals surface area contributed by atoms with E-state index in [9.17, 15) is 4.39 Å². The van der Waals surface area contributed by atoms with Crippen molar-refractivity contribution in [1.82, 2.24) is 0 Å². The molecule has 1 fully saturated rings. The second-order valence-electron chi connectivity index (χ2n) is 4.98. The van der Waals surface area contributed by atoms with E-state index in [1.807, 2.05) is 6.07 Å². The highest BCUT2D eigenvalue weighted by atomic mass is 19.1.